The Kier molecular flexibility index (Phi) is 5.88. The second-order valence-corrected chi connectivity index (χ2v) is 9.88. The lowest BCUT2D eigenvalue weighted by Crippen LogP contribution is -2.47. The Morgan fingerprint density at radius 2 is 1.69 bits per heavy atom. The van der Waals surface area contributed by atoms with Crippen molar-refractivity contribution in [2.75, 3.05) is 14.2 Å². The van der Waals surface area contributed by atoms with Crippen LogP contribution in [0.5, 0.6) is 0 Å². The van der Waals surface area contributed by atoms with Crippen LogP contribution in [0.3, 0.4) is 0 Å². The van der Waals surface area contributed by atoms with Gasteiger partial charge in [0.15, 0.2) is 5.85 Å². The lowest BCUT2D eigenvalue weighted by Gasteiger charge is -2.35. The van der Waals surface area contributed by atoms with Gasteiger partial charge in [-0.05, 0) is 40.2 Å². The molecule has 1 saturated heterocycles. The van der Waals surface area contributed by atoms with Gasteiger partial charge >= 0.3 is 13.7 Å². The Labute approximate surface area is 155 Å². The number of benzene rings is 1. The average Bonchev–Trinajstić information content (AvgIpc) is 2.85. The molecular formula is C18H28NO6P. The van der Waals surface area contributed by atoms with E-state index in [1.54, 1.807) is 34.6 Å². The summed E-state index contributed by atoms with van der Waals surface area (Å²) >= 11 is 0. The molecule has 146 valence electrons. The quantitative estimate of drug-likeness (QED) is 0.708. The summed E-state index contributed by atoms with van der Waals surface area (Å²) in [4.78, 5) is 14.4. The highest BCUT2D eigenvalue weighted by Crippen LogP contribution is 2.62. The van der Waals surface area contributed by atoms with Crippen molar-refractivity contribution >= 4 is 13.7 Å². The van der Waals surface area contributed by atoms with Gasteiger partial charge in [0.05, 0.1) is 0 Å². The lowest BCUT2D eigenvalue weighted by molar-refractivity contribution is -0.0707. The summed E-state index contributed by atoms with van der Waals surface area (Å²) in [5.41, 5.74) is -0.998. The molecule has 1 heterocycles. The Morgan fingerprint density at radius 3 is 2.15 bits per heavy atom. The average molecular weight is 385 g/mol. The first-order valence-corrected chi connectivity index (χ1v) is 10.0. The molecule has 0 unspecified atom stereocenters. The molecule has 1 fully saturated rings. The zero-order chi connectivity index (χ0) is 19.8. The van der Waals surface area contributed by atoms with Crippen LogP contribution >= 0.6 is 7.60 Å². The van der Waals surface area contributed by atoms with E-state index in [0.717, 1.165) is 5.56 Å². The zero-order valence-electron chi connectivity index (χ0n) is 16.4. The van der Waals surface area contributed by atoms with E-state index in [9.17, 15) is 9.36 Å². The largest absolute Gasteiger partial charge is 0.444 e. The Balaban J connectivity index is 2.56. The SMILES string of the molecule is COP(=O)(OC)[C@H]1OC(C)(C)N(C(=O)OC(C)(C)C)[C@H]1c1ccccc1. The first-order chi connectivity index (χ1) is 11.9. The molecule has 26 heavy (non-hydrogen) atoms. The van der Waals surface area contributed by atoms with Crippen LogP contribution in [0, 0.1) is 0 Å². The first kappa shape index (κ1) is 20.9. The number of carbonyl (C=O) groups is 1. The summed E-state index contributed by atoms with van der Waals surface area (Å²) in [7, 11) is -1.02. The first-order valence-electron chi connectivity index (χ1n) is 8.41. The number of ether oxygens (including phenoxy) is 2. The van der Waals surface area contributed by atoms with Crippen LogP contribution < -0.4 is 0 Å². The molecule has 8 heteroatoms. The number of hydrogen-bond donors (Lipinski definition) is 0. The maximum Gasteiger partial charge on any atom is 0.413 e. The molecule has 0 N–H and O–H groups in total. The molecule has 0 spiro atoms. The molecule has 0 radical (unpaired) electrons. The smallest absolute Gasteiger partial charge is 0.413 e. The minimum absolute atomic E-state index is 0.558. The van der Waals surface area contributed by atoms with E-state index in [1.165, 1.54) is 19.1 Å². The summed E-state index contributed by atoms with van der Waals surface area (Å²) in [6.07, 6.45) is -0.558. The molecule has 0 bridgehead atoms. The third-order valence-electron chi connectivity index (χ3n) is 4.09. The monoisotopic (exact) mass is 385 g/mol. The van der Waals surface area contributed by atoms with Crippen LogP contribution in [0.4, 0.5) is 4.79 Å². The minimum atomic E-state index is -3.63. The zero-order valence-corrected chi connectivity index (χ0v) is 17.3. The standard InChI is InChI=1S/C18H28NO6P/c1-17(2,3)25-16(20)19-14(13-11-9-8-10-12-13)15(24-18(19,4)5)26(21,22-6)23-7/h8-12,14-15H,1-7H3/t14-,15+/m0/s1. The number of carbonyl (C=O) groups excluding carboxylic acids is 1. The normalized spacial score (nSPS) is 23.1. The van der Waals surface area contributed by atoms with Crippen LogP contribution in [0.25, 0.3) is 0 Å². The van der Waals surface area contributed by atoms with Crippen molar-refractivity contribution in [3.63, 3.8) is 0 Å². The minimum Gasteiger partial charge on any atom is -0.444 e. The summed E-state index contributed by atoms with van der Waals surface area (Å²) in [5, 5.41) is 0. The summed E-state index contributed by atoms with van der Waals surface area (Å²) in [5.74, 6) is -0.984. The third kappa shape index (κ3) is 4.12. The number of nitrogens with zero attached hydrogens (tertiary/aromatic N) is 1. The van der Waals surface area contributed by atoms with Crippen molar-refractivity contribution in [1.29, 1.82) is 0 Å². The molecule has 0 aliphatic carbocycles. The van der Waals surface area contributed by atoms with Crippen LogP contribution in [-0.2, 0) is 23.1 Å². The van der Waals surface area contributed by atoms with Gasteiger partial charge in [0.1, 0.15) is 17.4 Å². The van der Waals surface area contributed by atoms with Gasteiger partial charge in [0.2, 0.25) is 0 Å². The van der Waals surface area contributed by atoms with E-state index in [4.69, 9.17) is 18.5 Å². The highest BCUT2D eigenvalue weighted by Gasteiger charge is 2.58. The fourth-order valence-electron chi connectivity index (χ4n) is 3.01. The van der Waals surface area contributed by atoms with Crippen LogP contribution in [0.1, 0.15) is 46.2 Å². The predicted molar refractivity (Wildman–Crippen MR) is 97.8 cm³/mol. The molecule has 0 saturated carbocycles. The van der Waals surface area contributed by atoms with E-state index >= 15 is 0 Å². The highest BCUT2D eigenvalue weighted by atomic mass is 31.2. The molecular weight excluding hydrogens is 357 g/mol. The second kappa shape index (κ2) is 7.31. The third-order valence-corrected chi connectivity index (χ3v) is 6.12. The molecule has 2 rings (SSSR count). The number of rotatable bonds is 4. The second-order valence-electron chi connectivity index (χ2n) is 7.57. The van der Waals surface area contributed by atoms with Crippen molar-refractivity contribution in [2.45, 2.75) is 57.8 Å². The Hall–Kier alpha value is -1.40. The van der Waals surface area contributed by atoms with E-state index in [1.807, 2.05) is 30.3 Å². The predicted octanol–water partition coefficient (Wildman–Crippen LogP) is 4.54. The summed E-state index contributed by atoms with van der Waals surface area (Å²) in [6, 6.07) is 8.55. The van der Waals surface area contributed by atoms with Crippen molar-refractivity contribution in [3.05, 3.63) is 35.9 Å². The maximum atomic E-state index is 13.1. The van der Waals surface area contributed by atoms with Gasteiger partial charge in [-0.15, -0.1) is 0 Å². The van der Waals surface area contributed by atoms with Crippen LogP contribution in [0.15, 0.2) is 30.3 Å². The molecule has 1 aromatic carbocycles. The van der Waals surface area contributed by atoms with Crippen molar-refractivity contribution < 1.29 is 27.9 Å². The van der Waals surface area contributed by atoms with Gasteiger partial charge in [-0.2, -0.15) is 0 Å². The summed E-state index contributed by atoms with van der Waals surface area (Å²) < 4.78 is 35.1. The van der Waals surface area contributed by atoms with Crippen LogP contribution in [0.2, 0.25) is 0 Å². The van der Waals surface area contributed by atoms with E-state index in [-0.39, 0.29) is 0 Å². The van der Waals surface area contributed by atoms with Crippen molar-refractivity contribution in [1.82, 2.24) is 4.90 Å². The van der Waals surface area contributed by atoms with Crippen molar-refractivity contribution in [3.8, 4) is 0 Å². The van der Waals surface area contributed by atoms with Gasteiger partial charge < -0.3 is 18.5 Å². The van der Waals surface area contributed by atoms with Crippen LogP contribution in [-0.4, -0.2) is 42.4 Å². The maximum absolute atomic E-state index is 13.1. The van der Waals surface area contributed by atoms with Gasteiger partial charge in [-0.25, -0.2) is 4.79 Å². The van der Waals surface area contributed by atoms with E-state index < -0.39 is 36.9 Å². The van der Waals surface area contributed by atoms with E-state index in [0.29, 0.717) is 0 Å². The Morgan fingerprint density at radius 1 is 1.15 bits per heavy atom. The Bertz CT molecular complexity index is 677. The van der Waals surface area contributed by atoms with Gasteiger partial charge in [0.25, 0.3) is 0 Å². The van der Waals surface area contributed by atoms with Crippen molar-refractivity contribution in [2.24, 2.45) is 0 Å². The van der Waals surface area contributed by atoms with E-state index in [2.05, 4.69) is 0 Å². The van der Waals surface area contributed by atoms with Gasteiger partial charge in [-0.3, -0.25) is 9.46 Å². The van der Waals surface area contributed by atoms with Gasteiger partial charge in [0, 0.05) is 14.2 Å². The number of hydrogen-bond acceptors (Lipinski definition) is 6. The molecule has 1 aromatic rings. The fourth-order valence-corrected chi connectivity index (χ4v) is 4.61. The molecule has 0 aromatic heterocycles. The molecule has 1 aliphatic rings. The molecule has 2 atom stereocenters. The fraction of sp³-hybridized carbons (Fsp3) is 0.611. The van der Waals surface area contributed by atoms with Gasteiger partial charge in [-0.1, -0.05) is 30.3 Å². The molecule has 1 aliphatic heterocycles. The molecule has 1 amide bonds. The number of amides is 1. The highest BCUT2D eigenvalue weighted by molar-refractivity contribution is 7.54. The molecule has 7 nitrogen and oxygen atoms in total. The summed E-state index contributed by atoms with van der Waals surface area (Å²) in [6.45, 7) is 8.82. The lowest BCUT2D eigenvalue weighted by atomic mass is 10.1. The topological polar surface area (TPSA) is 74.3 Å².